The van der Waals surface area contributed by atoms with Crippen LogP contribution in [0.1, 0.15) is 6.92 Å². The number of likely N-dealkylation sites (N-methyl/N-ethyl adjacent to an activating group) is 1. The summed E-state index contributed by atoms with van der Waals surface area (Å²) in [6, 6.07) is 8.43. The smallest absolute Gasteiger partial charge is 0.325 e. The Morgan fingerprint density at radius 2 is 1.95 bits per heavy atom. The number of hydrogen-bond acceptors (Lipinski definition) is 4. The SMILES string of the molecule is COC[C@@]1(C)NC(=O)N(CC(=O)N(C)c2ccccc2)C1=O. The monoisotopic (exact) mass is 305 g/mol. The zero-order chi connectivity index (χ0) is 16.3. The molecule has 0 radical (unpaired) electrons. The number of ether oxygens (including phenoxy) is 1. The lowest BCUT2D eigenvalue weighted by molar-refractivity contribution is -0.135. The molecule has 7 nitrogen and oxygen atoms in total. The van der Waals surface area contributed by atoms with Crippen molar-refractivity contribution in [1.82, 2.24) is 10.2 Å². The van der Waals surface area contributed by atoms with Crippen LogP contribution in [0.3, 0.4) is 0 Å². The van der Waals surface area contributed by atoms with E-state index in [1.54, 1.807) is 26.1 Å². The van der Waals surface area contributed by atoms with Crippen molar-refractivity contribution in [3.8, 4) is 0 Å². The summed E-state index contributed by atoms with van der Waals surface area (Å²) in [5.74, 6) is -0.814. The molecule has 22 heavy (non-hydrogen) atoms. The first kappa shape index (κ1) is 16.0. The number of rotatable bonds is 5. The Labute approximate surface area is 128 Å². The largest absolute Gasteiger partial charge is 0.382 e. The minimum atomic E-state index is -1.13. The zero-order valence-corrected chi connectivity index (χ0v) is 12.8. The molecule has 1 aromatic carbocycles. The molecule has 118 valence electrons. The van der Waals surface area contributed by atoms with E-state index in [1.807, 2.05) is 18.2 Å². The number of carbonyl (C=O) groups is 3. The number of amides is 4. The number of urea groups is 1. The summed E-state index contributed by atoms with van der Waals surface area (Å²) in [7, 11) is 3.05. The second-order valence-corrected chi connectivity index (χ2v) is 5.37. The summed E-state index contributed by atoms with van der Waals surface area (Å²) in [6.45, 7) is 1.31. The van der Waals surface area contributed by atoms with Gasteiger partial charge in [0.15, 0.2) is 0 Å². The predicted molar refractivity (Wildman–Crippen MR) is 80.4 cm³/mol. The Bertz CT molecular complexity index is 590. The number of carbonyl (C=O) groups excluding carboxylic acids is 3. The molecule has 2 rings (SSSR count). The molecule has 1 aliphatic rings. The van der Waals surface area contributed by atoms with Crippen molar-refractivity contribution >= 4 is 23.5 Å². The van der Waals surface area contributed by atoms with Crippen LogP contribution in [0.4, 0.5) is 10.5 Å². The second-order valence-electron chi connectivity index (χ2n) is 5.37. The van der Waals surface area contributed by atoms with E-state index < -0.39 is 17.5 Å². The number of hydrogen-bond donors (Lipinski definition) is 1. The van der Waals surface area contributed by atoms with Gasteiger partial charge in [-0.15, -0.1) is 0 Å². The number of methoxy groups -OCH3 is 1. The van der Waals surface area contributed by atoms with Gasteiger partial charge in [-0.2, -0.15) is 0 Å². The fraction of sp³-hybridized carbons (Fsp3) is 0.400. The normalized spacial score (nSPS) is 21.0. The Balaban J connectivity index is 2.09. The maximum absolute atomic E-state index is 12.3. The van der Waals surface area contributed by atoms with Crippen LogP contribution in [-0.2, 0) is 14.3 Å². The van der Waals surface area contributed by atoms with E-state index in [0.717, 1.165) is 4.90 Å². The first-order chi connectivity index (χ1) is 10.4. The molecule has 1 fully saturated rings. The quantitative estimate of drug-likeness (QED) is 0.808. The third-order valence-electron chi connectivity index (χ3n) is 3.59. The van der Waals surface area contributed by atoms with Crippen LogP contribution in [-0.4, -0.2) is 55.6 Å². The fourth-order valence-corrected chi connectivity index (χ4v) is 2.31. The summed E-state index contributed by atoms with van der Waals surface area (Å²) >= 11 is 0. The van der Waals surface area contributed by atoms with Gasteiger partial charge in [0, 0.05) is 19.8 Å². The van der Waals surface area contributed by atoms with Crippen molar-refractivity contribution in [3.05, 3.63) is 30.3 Å². The van der Waals surface area contributed by atoms with Gasteiger partial charge in [-0.3, -0.25) is 14.5 Å². The molecule has 0 aromatic heterocycles. The van der Waals surface area contributed by atoms with Gasteiger partial charge in [-0.1, -0.05) is 18.2 Å². The van der Waals surface area contributed by atoms with Crippen molar-refractivity contribution in [3.63, 3.8) is 0 Å². The van der Waals surface area contributed by atoms with Crippen molar-refractivity contribution in [2.45, 2.75) is 12.5 Å². The van der Waals surface area contributed by atoms with E-state index in [4.69, 9.17) is 4.74 Å². The minimum absolute atomic E-state index is 0.0524. The lowest BCUT2D eigenvalue weighted by Crippen LogP contribution is -2.48. The average Bonchev–Trinajstić information content (AvgIpc) is 2.71. The molecule has 1 atom stereocenters. The Morgan fingerprint density at radius 3 is 2.55 bits per heavy atom. The summed E-state index contributed by atoms with van der Waals surface area (Å²) in [5, 5.41) is 2.56. The molecule has 4 amide bonds. The Hall–Kier alpha value is -2.41. The number of benzene rings is 1. The van der Waals surface area contributed by atoms with Crippen LogP contribution in [0, 0.1) is 0 Å². The van der Waals surface area contributed by atoms with Crippen LogP contribution in [0.2, 0.25) is 0 Å². The molecular weight excluding hydrogens is 286 g/mol. The Morgan fingerprint density at radius 1 is 1.32 bits per heavy atom. The van der Waals surface area contributed by atoms with E-state index in [2.05, 4.69) is 5.32 Å². The summed E-state index contributed by atoms with van der Waals surface area (Å²) < 4.78 is 4.96. The van der Waals surface area contributed by atoms with Gasteiger partial charge >= 0.3 is 6.03 Å². The van der Waals surface area contributed by atoms with E-state index in [-0.39, 0.29) is 19.1 Å². The van der Waals surface area contributed by atoms with Crippen molar-refractivity contribution in [2.75, 3.05) is 32.2 Å². The molecular formula is C15H19N3O4. The molecule has 1 N–H and O–H groups in total. The maximum atomic E-state index is 12.3. The van der Waals surface area contributed by atoms with Gasteiger partial charge in [-0.05, 0) is 19.1 Å². The summed E-state index contributed by atoms with van der Waals surface area (Å²) in [4.78, 5) is 38.9. The molecule has 1 aliphatic heterocycles. The van der Waals surface area contributed by atoms with Gasteiger partial charge in [0.25, 0.3) is 5.91 Å². The number of nitrogens with one attached hydrogen (secondary N) is 1. The maximum Gasteiger partial charge on any atom is 0.325 e. The summed E-state index contributed by atoms with van der Waals surface area (Å²) in [5.41, 5.74) is -0.434. The molecule has 1 saturated heterocycles. The predicted octanol–water partition coefficient (Wildman–Crippen LogP) is 0.606. The highest BCUT2D eigenvalue weighted by molar-refractivity contribution is 6.10. The molecule has 0 spiro atoms. The van der Waals surface area contributed by atoms with Crippen LogP contribution in [0.5, 0.6) is 0 Å². The molecule has 1 heterocycles. The van der Waals surface area contributed by atoms with E-state index >= 15 is 0 Å². The van der Waals surface area contributed by atoms with Gasteiger partial charge in [0.2, 0.25) is 5.91 Å². The van der Waals surface area contributed by atoms with Gasteiger partial charge in [0.1, 0.15) is 12.1 Å². The molecule has 0 aliphatic carbocycles. The van der Waals surface area contributed by atoms with Crippen LogP contribution in [0.15, 0.2) is 30.3 Å². The van der Waals surface area contributed by atoms with Crippen LogP contribution < -0.4 is 10.2 Å². The molecule has 0 unspecified atom stereocenters. The molecule has 1 aromatic rings. The van der Waals surface area contributed by atoms with Crippen molar-refractivity contribution < 1.29 is 19.1 Å². The van der Waals surface area contributed by atoms with E-state index in [9.17, 15) is 14.4 Å². The van der Waals surface area contributed by atoms with Crippen LogP contribution >= 0.6 is 0 Å². The topological polar surface area (TPSA) is 79.0 Å². The highest BCUT2D eigenvalue weighted by atomic mass is 16.5. The molecule has 0 bridgehead atoms. The van der Waals surface area contributed by atoms with Crippen molar-refractivity contribution in [1.29, 1.82) is 0 Å². The number of anilines is 1. The lowest BCUT2D eigenvalue weighted by Gasteiger charge is -2.22. The van der Waals surface area contributed by atoms with Crippen LogP contribution in [0.25, 0.3) is 0 Å². The minimum Gasteiger partial charge on any atom is -0.382 e. The first-order valence-corrected chi connectivity index (χ1v) is 6.83. The fourth-order valence-electron chi connectivity index (χ4n) is 2.31. The zero-order valence-electron chi connectivity index (χ0n) is 12.8. The van der Waals surface area contributed by atoms with Gasteiger partial charge in [-0.25, -0.2) is 4.79 Å². The first-order valence-electron chi connectivity index (χ1n) is 6.83. The average molecular weight is 305 g/mol. The van der Waals surface area contributed by atoms with Crippen molar-refractivity contribution in [2.24, 2.45) is 0 Å². The van der Waals surface area contributed by atoms with E-state index in [0.29, 0.717) is 5.69 Å². The number of imide groups is 1. The second kappa shape index (κ2) is 6.15. The number of nitrogens with zero attached hydrogens (tertiary/aromatic N) is 2. The van der Waals surface area contributed by atoms with Gasteiger partial charge in [0.05, 0.1) is 6.61 Å². The number of para-hydroxylation sites is 1. The summed E-state index contributed by atoms with van der Waals surface area (Å²) in [6.07, 6.45) is 0. The third kappa shape index (κ3) is 2.94. The lowest BCUT2D eigenvalue weighted by atomic mass is 10.0. The van der Waals surface area contributed by atoms with Gasteiger partial charge < -0.3 is 15.0 Å². The highest BCUT2D eigenvalue weighted by Gasteiger charge is 2.48. The molecule has 0 saturated carbocycles. The van der Waals surface area contributed by atoms with E-state index in [1.165, 1.54) is 12.0 Å². The molecule has 7 heteroatoms. The standard InChI is InChI=1S/C15H19N3O4/c1-15(10-22-3)13(20)18(14(21)16-15)9-12(19)17(2)11-7-5-4-6-8-11/h4-8H,9-10H2,1-3H3,(H,16,21)/t15-/m1/s1. The third-order valence-corrected chi connectivity index (χ3v) is 3.59. The Kier molecular flexibility index (Phi) is 4.46. The highest BCUT2D eigenvalue weighted by Crippen LogP contribution is 2.19.